The van der Waals surface area contributed by atoms with Gasteiger partial charge in [0, 0.05) is 12.5 Å². The molecule has 0 radical (unpaired) electrons. The summed E-state index contributed by atoms with van der Waals surface area (Å²) in [6, 6.07) is 17.0. The maximum Gasteiger partial charge on any atom is 0.330 e. The van der Waals surface area contributed by atoms with Crippen molar-refractivity contribution in [1.82, 2.24) is 0 Å². The standard InChI is InChI=1S/C19H20O4/c1-21-17-10-5-6-11-18(17)22-14-7-15-23-19(20)13-12-16-8-3-2-4-9-16/h2-6,8-13H,7,14-15H2,1H3/b13-12+. The van der Waals surface area contributed by atoms with Crippen molar-refractivity contribution in [2.75, 3.05) is 20.3 Å². The summed E-state index contributed by atoms with van der Waals surface area (Å²) in [5, 5.41) is 0. The predicted octanol–water partition coefficient (Wildman–Crippen LogP) is 3.72. The molecule has 4 nitrogen and oxygen atoms in total. The van der Waals surface area contributed by atoms with Gasteiger partial charge in [-0.2, -0.15) is 0 Å². The molecule has 2 aromatic rings. The van der Waals surface area contributed by atoms with Crippen molar-refractivity contribution in [3.63, 3.8) is 0 Å². The average molecular weight is 312 g/mol. The highest BCUT2D eigenvalue weighted by molar-refractivity contribution is 5.86. The van der Waals surface area contributed by atoms with Crippen LogP contribution in [0.2, 0.25) is 0 Å². The molecule has 0 saturated carbocycles. The Morgan fingerprint density at radius 3 is 2.39 bits per heavy atom. The predicted molar refractivity (Wildman–Crippen MR) is 89.5 cm³/mol. The fraction of sp³-hybridized carbons (Fsp3) is 0.211. The SMILES string of the molecule is COc1ccccc1OCCCOC(=O)/C=C/c1ccccc1. The molecule has 0 fully saturated rings. The van der Waals surface area contributed by atoms with E-state index in [2.05, 4.69) is 0 Å². The van der Waals surface area contributed by atoms with Gasteiger partial charge in [-0.1, -0.05) is 42.5 Å². The first-order chi connectivity index (χ1) is 11.3. The molecule has 0 amide bonds. The van der Waals surface area contributed by atoms with Gasteiger partial charge in [0.25, 0.3) is 0 Å². The fourth-order valence-electron chi connectivity index (χ4n) is 1.93. The van der Waals surface area contributed by atoms with Crippen molar-refractivity contribution in [1.29, 1.82) is 0 Å². The molecule has 2 rings (SSSR count). The number of rotatable bonds is 8. The summed E-state index contributed by atoms with van der Waals surface area (Å²) in [4.78, 5) is 11.6. The van der Waals surface area contributed by atoms with Crippen molar-refractivity contribution >= 4 is 12.0 Å². The summed E-state index contributed by atoms with van der Waals surface area (Å²) in [7, 11) is 1.60. The Morgan fingerprint density at radius 1 is 0.957 bits per heavy atom. The van der Waals surface area contributed by atoms with Crippen LogP contribution in [0.4, 0.5) is 0 Å². The van der Waals surface area contributed by atoms with Crippen LogP contribution in [0.5, 0.6) is 11.5 Å². The molecule has 0 aliphatic heterocycles. The zero-order chi connectivity index (χ0) is 16.3. The van der Waals surface area contributed by atoms with E-state index in [-0.39, 0.29) is 5.97 Å². The summed E-state index contributed by atoms with van der Waals surface area (Å²) < 4.78 is 15.9. The van der Waals surface area contributed by atoms with E-state index in [9.17, 15) is 4.79 Å². The fourth-order valence-corrected chi connectivity index (χ4v) is 1.93. The minimum Gasteiger partial charge on any atom is -0.493 e. The van der Waals surface area contributed by atoms with E-state index >= 15 is 0 Å². The van der Waals surface area contributed by atoms with E-state index in [1.807, 2.05) is 54.6 Å². The van der Waals surface area contributed by atoms with Gasteiger partial charge >= 0.3 is 5.97 Å². The van der Waals surface area contributed by atoms with Gasteiger partial charge in [0.05, 0.1) is 20.3 Å². The minimum absolute atomic E-state index is 0.313. The first kappa shape index (κ1) is 16.6. The molecule has 2 aromatic carbocycles. The number of methoxy groups -OCH3 is 1. The third-order valence-corrected chi connectivity index (χ3v) is 3.07. The van der Waals surface area contributed by atoms with E-state index in [0.29, 0.717) is 31.1 Å². The average Bonchev–Trinajstić information content (AvgIpc) is 2.61. The van der Waals surface area contributed by atoms with Crippen molar-refractivity contribution in [2.24, 2.45) is 0 Å². The van der Waals surface area contributed by atoms with Gasteiger partial charge in [-0.05, 0) is 23.8 Å². The molecule has 23 heavy (non-hydrogen) atoms. The number of carbonyl (C=O) groups excluding carboxylic acids is 1. The topological polar surface area (TPSA) is 44.8 Å². The van der Waals surface area contributed by atoms with E-state index in [1.165, 1.54) is 6.08 Å². The quantitative estimate of drug-likeness (QED) is 0.423. The molecule has 0 bridgehead atoms. The first-order valence-corrected chi connectivity index (χ1v) is 7.45. The highest BCUT2D eigenvalue weighted by Crippen LogP contribution is 2.25. The van der Waals surface area contributed by atoms with Crippen LogP contribution in [-0.2, 0) is 9.53 Å². The lowest BCUT2D eigenvalue weighted by molar-refractivity contribution is -0.137. The Bertz CT molecular complexity index is 635. The molecule has 0 aromatic heterocycles. The van der Waals surface area contributed by atoms with Crippen LogP contribution < -0.4 is 9.47 Å². The summed E-state index contributed by atoms with van der Waals surface area (Å²) in [6.45, 7) is 0.767. The Morgan fingerprint density at radius 2 is 1.65 bits per heavy atom. The second kappa shape index (κ2) is 9.30. The summed E-state index contributed by atoms with van der Waals surface area (Å²) in [5.41, 5.74) is 0.962. The highest BCUT2D eigenvalue weighted by atomic mass is 16.5. The van der Waals surface area contributed by atoms with Gasteiger partial charge in [-0.25, -0.2) is 4.79 Å². The third kappa shape index (κ3) is 5.87. The van der Waals surface area contributed by atoms with Crippen LogP contribution in [0.1, 0.15) is 12.0 Å². The Balaban J connectivity index is 1.65. The minimum atomic E-state index is -0.355. The number of hydrogen-bond donors (Lipinski definition) is 0. The Kier molecular flexibility index (Phi) is 6.72. The van der Waals surface area contributed by atoms with E-state index in [4.69, 9.17) is 14.2 Å². The number of hydrogen-bond acceptors (Lipinski definition) is 4. The van der Waals surface area contributed by atoms with Crippen LogP contribution in [0.3, 0.4) is 0 Å². The van der Waals surface area contributed by atoms with E-state index in [0.717, 1.165) is 5.56 Å². The van der Waals surface area contributed by atoms with Gasteiger partial charge in [0.1, 0.15) is 0 Å². The summed E-state index contributed by atoms with van der Waals surface area (Å²) >= 11 is 0. The van der Waals surface area contributed by atoms with Gasteiger partial charge in [-0.3, -0.25) is 0 Å². The van der Waals surface area contributed by atoms with Crippen molar-refractivity contribution in [3.05, 3.63) is 66.2 Å². The molecule has 0 aliphatic carbocycles. The number of carbonyl (C=O) groups is 1. The second-order valence-electron chi connectivity index (χ2n) is 4.76. The lowest BCUT2D eigenvalue weighted by atomic mass is 10.2. The molecule has 0 heterocycles. The van der Waals surface area contributed by atoms with Gasteiger partial charge in [-0.15, -0.1) is 0 Å². The lowest BCUT2D eigenvalue weighted by Gasteiger charge is -2.10. The van der Waals surface area contributed by atoms with Gasteiger partial charge in [0.15, 0.2) is 11.5 Å². The maximum absolute atomic E-state index is 11.6. The van der Waals surface area contributed by atoms with E-state index in [1.54, 1.807) is 13.2 Å². The van der Waals surface area contributed by atoms with Crippen molar-refractivity contribution < 1.29 is 19.0 Å². The highest BCUT2D eigenvalue weighted by Gasteiger charge is 2.02. The number of benzene rings is 2. The smallest absolute Gasteiger partial charge is 0.330 e. The lowest BCUT2D eigenvalue weighted by Crippen LogP contribution is -2.07. The van der Waals surface area contributed by atoms with E-state index < -0.39 is 0 Å². The molecular formula is C19H20O4. The van der Waals surface area contributed by atoms with Crippen LogP contribution in [-0.4, -0.2) is 26.3 Å². The van der Waals surface area contributed by atoms with Gasteiger partial charge < -0.3 is 14.2 Å². The maximum atomic E-state index is 11.6. The molecule has 0 aliphatic rings. The molecule has 0 spiro atoms. The number of ether oxygens (including phenoxy) is 3. The molecule has 4 heteroatoms. The van der Waals surface area contributed by atoms with Crippen LogP contribution in [0.15, 0.2) is 60.7 Å². The molecule has 0 N–H and O–H groups in total. The molecular weight excluding hydrogens is 292 g/mol. The third-order valence-electron chi connectivity index (χ3n) is 3.07. The zero-order valence-electron chi connectivity index (χ0n) is 13.1. The molecule has 120 valence electrons. The molecule has 0 unspecified atom stereocenters. The zero-order valence-corrected chi connectivity index (χ0v) is 13.1. The van der Waals surface area contributed by atoms with Crippen LogP contribution in [0, 0.1) is 0 Å². The van der Waals surface area contributed by atoms with Crippen molar-refractivity contribution in [3.8, 4) is 11.5 Å². The second-order valence-corrected chi connectivity index (χ2v) is 4.76. The van der Waals surface area contributed by atoms with Crippen molar-refractivity contribution in [2.45, 2.75) is 6.42 Å². The molecule has 0 saturated heterocycles. The normalized spacial score (nSPS) is 10.5. The number of esters is 1. The summed E-state index contributed by atoms with van der Waals surface area (Å²) in [6.07, 6.45) is 3.77. The number of para-hydroxylation sites is 2. The first-order valence-electron chi connectivity index (χ1n) is 7.45. The van der Waals surface area contributed by atoms with Gasteiger partial charge in [0.2, 0.25) is 0 Å². The van der Waals surface area contributed by atoms with Crippen LogP contribution >= 0.6 is 0 Å². The molecule has 0 atom stereocenters. The largest absolute Gasteiger partial charge is 0.493 e. The Labute approximate surface area is 136 Å². The Hall–Kier alpha value is -2.75. The monoisotopic (exact) mass is 312 g/mol. The summed E-state index contributed by atoms with van der Waals surface area (Å²) in [5.74, 6) is 1.02. The van der Waals surface area contributed by atoms with Crippen LogP contribution in [0.25, 0.3) is 6.08 Å².